The number of rotatable bonds is 10. The van der Waals surface area contributed by atoms with Crippen molar-refractivity contribution in [3.8, 4) is 11.4 Å². The van der Waals surface area contributed by atoms with E-state index in [1.54, 1.807) is 14.2 Å². The maximum absolute atomic E-state index is 13.7. The number of aromatic nitrogens is 2. The van der Waals surface area contributed by atoms with Gasteiger partial charge in [0.15, 0.2) is 0 Å². The number of para-hydroxylation sites is 2. The average molecular weight is 492 g/mol. The Morgan fingerprint density at radius 3 is 2.36 bits per heavy atom. The molecule has 2 aromatic carbocycles. The minimum absolute atomic E-state index is 0.0851. The van der Waals surface area contributed by atoms with E-state index in [0.29, 0.717) is 31.0 Å². The highest BCUT2D eigenvalue weighted by Crippen LogP contribution is 2.30. The van der Waals surface area contributed by atoms with Crippen LogP contribution in [0.2, 0.25) is 0 Å². The molecule has 0 radical (unpaired) electrons. The zero-order valence-electron chi connectivity index (χ0n) is 21.8. The van der Waals surface area contributed by atoms with E-state index in [4.69, 9.17) is 14.6 Å². The first-order valence-electron chi connectivity index (χ1n) is 12.6. The lowest BCUT2D eigenvalue weighted by Gasteiger charge is -2.36. The summed E-state index contributed by atoms with van der Waals surface area (Å²) in [5.41, 5.74) is 3.53. The van der Waals surface area contributed by atoms with Crippen molar-refractivity contribution >= 4 is 11.7 Å². The smallest absolute Gasteiger partial charge is 0.258 e. The van der Waals surface area contributed by atoms with Gasteiger partial charge in [0.1, 0.15) is 11.6 Å². The molecule has 0 N–H and O–H groups in total. The molecule has 1 fully saturated rings. The van der Waals surface area contributed by atoms with Gasteiger partial charge < -0.3 is 24.2 Å². The van der Waals surface area contributed by atoms with Crippen LogP contribution in [0.15, 0.2) is 54.6 Å². The Balaban J connectivity index is 1.74. The van der Waals surface area contributed by atoms with Gasteiger partial charge in [-0.3, -0.25) is 4.79 Å². The van der Waals surface area contributed by atoms with Crippen LogP contribution in [-0.2, 0) is 11.3 Å². The molecule has 1 saturated heterocycles. The van der Waals surface area contributed by atoms with Crippen molar-refractivity contribution in [1.29, 1.82) is 0 Å². The molecule has 36 heavy (non-hydrogen) atoms. The van der Waals surface area contributed by atoms with Crippen LogP contribution in [0.3, 0.4) is 0 Å². The van der Waals surface area contributed by atoms with Gasteiger partial charge >= 0.3 is 0 Å². The van der Waals surface area contributed by atoms with Crippen molar-refractivity contribution in [3.05, 3.63) is 71.4 Å². The molecule has 192 valence electrons. The summed E-state index contributed by atoms with van der Waals surface area (Å²) in [6.45, 7) is 10.5. The summed E-state index contributed by atoms with van der Waals surface area (Å²) in [5, 5.41) is 4.96. The second-order valence-corrected chi connectivity index (χ2v) is 8.98. The molecule has 0 saturated carbocycles. The van der Waals surface area contributed by atoms with E-state index < -0.39 is 0 Å². The molecule has 3 aromatic rings. The first-order valence-corrected chi connectivity index (χ1v) is 12.6. The molecule has 8 heteroatoms. The number of carbonyl (C=O) groups is 1. The van der Waals surface area contributed by atoms with Crippen molar-refractivity contribution in [2.24, 2.45) is 0 Å². The summed E-state index contributed by atoms with van der Waals surface area (Å²) >= 11 is 0. The molecule has 4 rings (SSSR count). The third kappa shape index (κ3) is 5.55. The van der Waals surface area contributed by atoms with Crippen LogP contribution in [0.5, 0.6) is 5.75 Å². The zero-order valence-corrected chi connectivity index (χ0v) is 21.8. The van der Waals surface area contributed by atoms with Gasteiger partial charge in [0.2, 0.25) is 0 Å². The lowest BCUT2D eigenvalue weighted by atomic mass is 10.1. The predicted molar refractivity (Wildman–Crippen MR) is 142 cm³/mol. The van der Waals surface area contributed by atoms with Gasteiger partial charge in [0.05, 0.1) is 37.2 Å². The minimum Gasteiger partial charge on any atom is -0.496 e. The summed E-state index contributed by atoms with van der Waals surface area (Å²) < 4.78 is 12.9. The third-order valence-corrected chi connectivity index (χ3v) is 6.82. The van der Waals surface area contributed by atoms with Gasteiger partial charge in [-0.15, -0.1) is 0 Å². The second kappa shape index (κ2) is 12.1. The van der Waals surface area contributed by atoms with Crippen molar-refractivity contribution in [3.63, 3.8) is 0 Å². The van der Waals surface area contributed by atoms with Crippen LogP contribution < -0.4 is 9.64 Å². The fourth-order valence-corrected chi connectivity index (χ4v) is 4.72. The van der Waals surface area contributed by atoms with E-state index >= 15 is 0 Å². The summed E-state index contributed by atoms with van der Waals surface area (Å²) in [7, 11) is 3.25. The van der Waals surface area contributed by atoms with Crippen LogP contribution >= 0.6 is 0 Å². The monoisotopic (exact) mass is 491 g/mol. The first kappa shape index (κ1) is 25.7. The van der Waals surface area contributed by atoms with E-state index in [1.165, 1.54) is 0 Å². The number of benzene rings is 2. The molecule has 1 aliphatic rings. The second-order valence-electron chi connectivity index (χ2n) is 8.98. The number of nitrogens with zero attached hydrogens (tertiary/aromatic N) is 5. The number of carbonyl (C=O) groups excluding carboxylic acids is 1. The maximum Gasteiger partial charge on any atom is 0.258 e. The van der Waals surface area contributed by atoms with Gasteiger partial charge in [-0.1, -0.05) is 37.3 Å². The highest BCUT2D eigenvalue weighted by molar-refractivity contribution is 5.97. The Bertz CT molecular complexity index is 1140. The van der Waals surface area contributed by atoms with E-state index in [0.717, 1.165) is 55.5 Å². The Morgan fingerprint density at radius 2 is 1.69 bits per heavy atom. The van der Waals surface area contributed by atoms with Crippen LogP contribution in [-0.4, -0.2) is 85.6 Å². The Labute approximate surface area is 214 Å². The molecule has 8 nitrogen and oxygen atoms in total. The number of likely N-dealkylation sites (N-methyl/N-ethyl adjacent to an activating group) is 1. The van der Waals surface area contributed by atoms with Gasteiger partial charge in [-0.2, -0.15) is 5.10 Å². The Hall–Kier alpha value is -3.36. The highest BCUT2D eigenvalue weighted by Gasteiger charge is 2.28. The summed E-state index contributed by atoms with van der Waals surface area (Å²) in [6.07, 6.45) is 0. The van der Waals surface area contributed by atoms with Gasteiger partial charge in [-0.25, -0.2) is 4.68 Å². The lowest BCUT2D eigenvalue weighted by Crippen LogP contribution is -2.47. The normalized spacial score (nSPS) is 14.2. The van der Waals surface area contributed by atoms with Crippen molar-refractivity contribution in [2.45, 2.75) is 20.4 Å². The topological polar surface area (TPSA) is 63.1 Å². The van der Waals surface area contributed by atoms with Crippen LogP contribution in [0.4, 0.5) is 5.82 Å². The Morgan fingerprint density at radius 1 is 1.00 bits per heavy atom. The zero-order chi connectivity index (χ0) is 25.5. The maximum atomic E-state index is 13.7. The fourth-order valence-electron chi connectivity index (χ4n) is 4.72. The molecule has 1 aromatic heterocycles. The molecule has 2 heterocycles. The number of amides is 1. The average Bonchev–Trinajstić information content (AvgIpc) is 3.26. The number of anilines is 1. The van der Waals surface area contributed by atoms with E-state index in [2.05, 4.69) is 28.9 Å². The fraction of sp³-hybridized carbons (Fsp3) is 0.429. The van der Waals surface area contributed by atoms with Crippen LogP contribution in [0.1, 0.15) is 28.5 Å². The quantitative estimate of drug-likeness (QED) is 0.432. The number of hydrogen-bond acceptors (Lipinski definition) is 6. The van der Waals surface area contributed by atoms with Gasteiger partial charge in [0, 0.05) is 45.4 Å². The van der Waals surface area contributed by atoms with Gasteiger partial charge in [-0.05, 0) is 37.7 Å². The van der Waals surface area contributed by atoms with E-state index in [1.807, 2.05) is 59.0 Å². The standard InChI is InChI=1S/C28H37N5O3/c1-5-30-15-17-31(18-16-30)27-25(22(2)29-33(27)23-11-7-6-8-12-23)21-32(19-20-35-3)28(34)24-13-9-10-14-26(24)36-4/h6-14H,5,15-21H2,1-4H3. The van der Waals surface area contributed by atoms with Crippen molar-refractivity contribution in [2.75, 3.05) is 65.0 Å². The van der Waals surface area contributed by atoms with E-state index in [-0.39, 0.29) is 5.91 Å². The predicted octanol–water partition coefficient (Wildman–Crippen LogP) is 3.62. The molecule has 0 atom stereocenters. The van der Waals surface area contributed by atoms with E-state index in [9.17, 15) is 4.79 Å². The summed E-state index contributed by atoms with van der Waals surface area (Å²) in [5.74, 6) is 1.54. The summed E-state index contributed by atoms with van der Waals surface area (Å²) in [6, 6.07) is 17.6. The molecular formula is C28H37N5O3. The first-order chi connectivity index (χ1) is 17.6. The number of hydrogen-bond donors (Lipinski definition) is 0. The van der Waals surface area contributed by atoms with Crippen molar-refractivity contribution in [1.82, 2.24) is 19.6 Å². The number of aryl methyl sites for hydroxylation is 1. The molecule has 0 aliphatic carbocycles. The number of ether oxygens (including phenoxy) is 2. The van der Waals surface area contributed by atoms with Crippen LogP contribution in [0.25, 0.3) is 5.69 Å². The molecule has 1 aliphatic heterocycles. The molecular weight excluding hydrogens is 454 g/mol. The lowest BCUT2D eigenvalue weighted by molar-refractivity contribution is 0.0677. The molecule has 0 unspecified atom stereocenters. The third-order valence-electron chi connectivity index (χ3n) is 6.82. The summed E-state index contributed by atoms with van der Waals surface area (Å²) in [4.78, 5) is 20.4. The van der Waals surface area contributed by atoms with Crippen LogP contribution in [0, 0.1) is 6.92 Å². The van der Waals surface area contributed by atoms with Gasteiger partial charge in [0.25, 0.3) is 5.91 Å². The molecule has 0 bridgehead atoms. The number of methoxy groups -OCH3 is 2. The largest absolute Gasteiger partial charge is 0.496 e. The molecule has 0 spiro atoms. The minimum atomic E-state index is -0.0851. The molecule has 1 amide bonds. The highest BCUT2D eigenvalue weighted by atomic mass is 16.5. The SMILES string of the molecule is CCN1CCN(c2c(CN(CCOC)C(=O)c3ccccc3OC)c(C)nn2-c2ccccc2)CC1. The Kier molecular flexibility index (Phi) is 8.61. The number of piperazine rings is 1. The van der Waals surface area contributed by atoms with Crippen molar-refractivity contribution < 1.29 is 14.3 Å².